The topological polar surface area (TPSA) is 62.5 Å². The Balaban J connectivity index is 1.34. The molecule has 1 aliphatic heterocycles. The molecule has 0 radical (unpaired) electrons. The maximum atomic E-state index is 4.59. The molecule has 3 aromatic heterocycles. The molecule has 2 aliphatic rings. The third-order valence-corrected chi connectivity index (χ3v) is 5.37. The van der Waals surface area contributed by atoms with Gasteiger partial charge in [-0.05, 0) is 43.9 Å². The molecule has 1 saturated heterocycles. The second kappa shape index (κ2) is 5.40. The first kappa shape index (κ1) is 14.6. The van der Waals surface area contributed by atoms with Crippen molar-refractivity contribution in [1.29, 1.82) is 0 Å². The fraction of sp³-hybridized carbons (Fsp3) is 0.444. The van der Waals surface area contributed by atoms with Gasteiger partial charge in [0.2, 0.25) is 0 Å². The Kier molecular flexibility index (Phi) is 3.16. The Hall–Kier alpha value is -2.70. The number of likely N-dealkylation sites (N-methyl/N-ethyl adjacent to an activating group) is 1. The number of anilines is 2. The van der Waals surface area contributed by atoms with Gasteiger partial charge in [-0.3, -0.25) is 0 Å². The SMILES string of the molecule is Cc1cc2c(N(C)C3CN(c4cc5c(nn4)CCC5)C3)nccn2n1. The van der Waals surface area contributed by atoms with Crippen LogP contribution in [0.1, 0.15) is 23.4 Å². The molecule has 25 heavy (non-hydrogen) atoms. The fourth-order valence-electron chi connectivity index (χ4n) is 3.83. The molecule has 0 amide bonds. The summed E-state index contributed by atoms with van der Waals surface area (Å²) in [7, 11) is 2.11. The number of aryl methyl sites for hydroxylation is 3. The zero-order valence-corrected chi connectivity index (χ0v) is 14.6. The smallest absolute Gasteiger partial charge is 0.154 e. The minimum absolute atomic E-state index is 0.420. The van der Waals surface area contributed by atoms with Gasteiger partial charge in [-0.2, -0.15) is 10.2 Å². The summed E-state index contributed by atoms with van der Waals surface area (Å²) < 4.78 is 1.90. The van der Waals surface area contributed by atoms with E-state index < -0.39 is 0 Å². The summed E-state index contributed by atoms with van der Waals surface area (Å²) in [5, 5.41) is 13.3. The summed E-state index contributed by atoms with van der Waals surface area (Å²) in [4.78, 5) is 9.14. The van der Waals surface area contributed by atoms with Crippen LogP contribution in [0.25, 0.3) is 5.52 Å². The van der Waals surface area contributed by atoms with Crippen molar-refractivity contribution in [2.45, 2.75) is 32.2 Å². The Morgan fingerprint density at radius 1 is 1.16 bits per heavy atom. The van der Waals surface area contributed by atoms with Crippen LogP contribution in [0, 0.1) is 6.92 Å². The fourth-order valence-corrected chi connectivity index (χ4v) is 3.83. The zero-order chi connectivity index (χ0) is 17.0. The number of nitrogens with zero attached hydrogens (tertiary/aromatic N) is 7. The Bertz CT molecular complexity index is 942. The standard InChI is InChI=1S/C18H21N7/c1-12-8-16-18(19-6-7-25(16)22-12)23(2)14-10-24(11-14)17-9-13-4-3-5-15(13)20-21-17/h6-9,14H,3-5,10-11H2,1-2H3. The van der Waals surface area contributed by atoms with E-state index in [2.05, 4.69) is 49.3 Å². The van der Waals surface area contributed by atoms with Crippen molar-refractivity contribution in [2.75, 3.05) is 29.9 Å². The highest BCUT2D eigenvalue weighted by atomic mass is 15.4. The number of hydrogen-bond donors (Lipinski definition) is 0. The first-order chi connectivity index (χ1) is 12.2. The molecule has 0 unspecified atom stereocenters. The molecule has 128 valence electrons. The molecule has 0 aromatic carbocycles. The van der Waals surface area contributed by atoms with Gasteiger partial charge in [-0.25, -0.2) is 9.50 Å². The van der Waals surface area contributed by atoms with Crippen molar-refractivity contribution >= 4 is 17.2 Å². The summed E-state index contributed by atoms with van der Waals surface area (Å²) in [5.74, 6) is 1.99. The molecule has 7 nitrogen and oxygen atoms in total. The number of fused-ring (bicyclic) bond motifs is 2. The predicted octanol–water partition coefficient (Wildman–Crippen LogP) is 1.64. The average Bonchev–Trinajstić information content (AvgIpc) is 3.17. The van der Waals surface area contributed by atoms with Crippen LogP contribution in [-0.2, 0) is 12.8 Å². The molecule has 1 aliphatic carbocycles. The molecule has 0 N–H and O–H groups in total. The number of hydrogen-bond acceptors (Lipinski definition) is 6. The van der Waals surface area contributed by atoms with E-state index in [-0.39, 0.29) is 0 Å². The molecule has 3 aromatic rings. The molecule has 7 heteroatoms. The number of aromatic nitrogens is 5. The molecule has 1 fully saturated rings. The lowest BCUT2D eigenvalue weighted by atomic mass is 10.1. The Morgan fingerprint density at radius 2 is 2.04 bits per heavy atom. The van der Waals surface area contributed by atoms with Gasteiger partial charge in [-0.1, -0.05) is 0 Å². The van der Waals surface area contributed by atoms with E-state index in [1.54, 1.807) is 0 Å². The highest BCUT2D eigenvalue weighted by molar-refractivity contribution is 5.69. The lowest BCUT2D eigenvalue weighted by Crippen LogP contribution is -2.59. The average molecular weight is 335 g/mol. The van der Waals surface area contributed by atoms with Crippen LogP contribution in [-0.4, -0.2) is 51.0 Å². The van der Waals surface area contributed by atoms with Crippen LogP contribution in [0.15, 0.2) is 24.5 Å². The van der Waals surface area contributed by atoms with Crippen molar-refractivity contribution in [3.05, 3.63) is 41.5 Å². The molecule has 0 spiro atoms. The van der Waals surface area contributed by atoms with Gasteiger partial charge in [0.05, 0.1) is 17.4 Å². The van der Waals surface area contributed by atoms with Gasteiger partial charge in [-0.15, -0.1) is 5.10 Å². The van der Waals surface area contributed by atoms with Crippen LogP contribution in [0.2, 0.25) is 0 Å². The van der Waals surface area contributed by atoms with Crippen molar-refractivity contribution in [1.82, 2.24) is 24.8 Å². The Morgan fingerprint density at radius 3 is 2.92 bits per heavy atom. The Labute approximate surface area is 146 Å². The molecular weight excluding hydrogens is 314 g/mol. The van der Waals surface area contributed by atoms with Gasteiger partial charge < -0.3 is 9.80 Å². The van der Waals surface area contributed by atoms with Crippen LogP contribution in [0.4, 0.5) is 11.6 Å². The molecular formula is C18H21N7. The van der Waals surface area contributed by atoms with Gasteiger partial charge in [0.1, 0.15) is 5.52 Å². The lowest BCUT2D eigenvalue weighted by Gasteiger charge is -2.45. The summed E-state index contributed by atoms with van der Waals surface area (Å²) in [6.45, 7) is 3.90. The van der Waals surface area contributed by atoms with Crippen LogP contribution < -0.4 is 9.80 Å². The molecule has 0 atom stereocenters. The monoisotopic (exact) mass is 335 g/mol. The van der Waals surface area contributed by atoms with Crippen molar-refractivity contribution in [2.24, 2.45) is 0 Å². The van der Waals surface area contributed by atoms with E-state index in [0.29, 0.717) is 6.04 Å². The van der Waals surface area contributed by atoms with Crippen LogP contribution >= 0.6 is 0 Å². The van der Waals surface area contributed by atoms with Gasteiger partial charge in [0.25, 0.3) is 0 Å². The second-order valence-electron chi connectivity index (χ2n) is 7.06. The van der Waals surface area contributed by atoms with Gasteiger partial charge in [0.15, 0.2) is 11.6 Å². The first-order valence-corrected chi connectivity index (χ1v) is 8.83. The van der Waals surface area contributed by atoms with E-state index in [1.807, 2.05) is 23.8 Å². The highest BCUT2D eigenvalue weighted by Gasteiger charge is 2.33. The van der Waals surface area contributed by atoms with Gasteiger partial charge >= 0.3 is 0 Å². The maximum absolute atomic E-state index is 4.59. The third-order valence-electron chi connectivity index (χ3n) is 5.37. The van der Waals surface area contributed by atoms with Crippen LogP contribution in [0.5, 0.6) is 0 Å². The molecule has 5 rings (SSSR count). The number of rotatable bonds is 3. The summed E-state index contributed by atoms with van der Waals surface area (Å²) in [6.07, 6.45) is 7.13. The molecule has 4 heterocycles. The zero-order valence-electron chi connectivity index (χ0n) is 14.6. The van der Waals surface area contributed by atoms with Crippen molar-refractivity contribution in [3.8, 4) is 0 Å². The largest absolute Gasteiger partial charge is 0.351 e. The summed E-state index contributed by atoms with van der Waals surface area (Å²) in [5.41, 5.74) is 4.62. The highest BCUT2D eigenvalue weighted by Crippen LogP contribution is 2.28. The van der Waals surface area contributed by atoms with Crippen LogP contribution in [0.3, 0.4) is 0 Å². The molecule has 0 bridgehead atoms. The van der Waals surface area contributed by atoms with Crippen molar-refractivity contribution in [3.63, 3.8) is 0 Å². The lowest BCUT2D eigenvalue weighted by molar-refractivity contribution is 0.488. The van der Waals surface area contributed by atoms with E-state index >= 15 is 0 Å². The van der Waals surface area contributed by atoms with Gasteiger partial charge in [0, 0.05) is 32.5 Å². The van der Waals surface area contributed by atoms with Crippen molar-refractivity contribution < 1.29 is 0 Å². The summed E-state index contributed by atoms with van der Waals surface area (Å²) >= 11 is 0. The second-order valence-corrected chi connectivity index (χ2v) is 7.06. The normalized spacial score (nSPS) is 17.0. The molecule has 0 saturated carbocycles. The third kappa shape index (κ3) is 2.33. The minimum Gasteiger partial charge on any atom is -0.351 e. The predicted molar refractivity (Wildman–Crippen MR) is 96.2 cm³/mol. The van der Waals surface area contributed by atoms with E-state index in [1.165, 1.54) is 17.7 Å². The van der Waals surface area contributed by atoms with E-state index in [0.717, 1.165) is 48.8 Å². The maximum Gasteiger partial charge on any atom is 0.154 e. The summed E-state index contributed by atoms with van der Waals surface area (Å²) in [6, 6.07) is 4.73. The quantitative estimate of drug-likeness (QED) is 0.725. The van der Waals surface area contributed by atoms with E-state index in [9.17, 15) is 0 Å². The minimum atomic E-state index is 0.420. The first-order valence-electron chi connectivity index (χ1n) is 8.83. The van der Waals surface area contributed by atoms with E-state index in [4.69, 9.17) is 0 Å².